The number of hydrogen-bond donors (Lipinski definition) is 1. The monoisotopic (exact) mass is 452 g/mol. The van der Waals surface area contributed by atoms with Crippen molar-refractivity contribution >= 4 is 39.3 Å². The zero-order chi connectivity index (χ0) is 20.9. The fourth-order valence-electron chi connectivity index (χ4n) is 3.38. The quantitative estimate of drug-likeness (QED) is 0.648. The molecule has 1 N–H and O–H groups in total. The number of carbonyl (C=O) groups is 1. The minimum absolute atomic E-state index is 0.000310. The van der Waals surface area contributed by atoms with Gasteiger partial charge in [-0.15, -0.1) is 11.8 Å². The summed E-state index contributed by atoms with van der Waals surface area (Å²) in [4.78, 5) is 13.8. The van der Waals surface area contributed by atoms with Crippen molar-refractivity contribution in [1.29, 1.82) is 0 Å². The molecule has 1 saturated heterocycles. The van der Waals surface area contributed by atoms with Gasteiger partial charge in [-0.1, -0.05) is 23.7 Å². The smallest absolute Gasteiger partial charge is 0.243 e. The molecule has 0 unspecified atom stereocenters. The maximum Gasteiger partial charge on any atom is 0.243 e. The van der Waals surface area contributed by atoms with Gasteiger partial charge in [-0.2, -0.15) is 4.31 Å². The predicted molar refractivity (Wildman–Crippen MR) is 118 cm³/mol. The normalized spacial score (nSPS) is 15.9. The summed E-state index contributed by atoms with van der Waals surface area (Å²) in [6.45, 7) is 1.28. The van der Waals surface area contributed by atoms with Crippen LogP contribution in [0, 0.1) is 5.92 Å². The van der Waals surface area contributed by atoms with Crippen molar-refractivity contribution in [3.05, 3.63) is 59.1 Å². The molecule has 3 rings (SSSR count). The first-order valence-electron chi connectivity index (χ1n) is 9.56. The second kappa shape index (κ2) is 9.98. The molecule has 0 aromatic heterocycles. The number of nitrogens with one attached hydrogen (secondary N) is 1. The van der Waals surface area contributed by atoms with E-state index in [9.17, 15) is 13.2 Å². The summed E-state index contributed by atoms with van der Waals surface area (Å²) in [5, 5.41) is 3.67. The number of sulfonamides is 1. The molecule has 156 valence electrons. The number of benzene rings is 2. The third-order valence-electron chi connectivity index (χ3n) is 5.15. The van der Waals surface area contributed by atoms with Gasteiger partial charge in [-0.3, -0.25) is 4.79 Å². The number of rotatable bonds is 7. The van der Waals surface area contributed by atoms with E-state index in [1.165, 1.54) is 4.31 Å². The van der Waals surface area contributed by atoms with Crippen LogP contribution >= 0.6 is 23.4 Å². The number of halogens is 1. The van der Waals surface area contributed by atoms with Gasteiger partial charge in [-0.25, -0.2) is 8.42 Å². The molecule has 1 fully saturated rings. The van der Waals surface area contributed by atoms with Crippen LogP contribution in [0.4, 0.5) is 0 Å². The van der Waals surface area contributed by atoms with Crippen LogP contribution in [-0.4, -0.2) is 44.5 Å². The molecule has 1 aliphatic rings. The van der Waals surface area contributed by atoms with Gasteiger partial charge in [0.05, 0.1) is 4.90 Å². The number of thioether (sulfide) groups is 1. The molecule has 0 spiro atoms. The zero-order valence-corrected chi connectivity index (χ0v) is 18.7. The summed E-state index contributed by atoms with van der Waals surface area (Å²) in [5.41, 5.74) is 1.11. The van der Waals surface area contributed by atoms with Crippen molar-refractivity contribution < 1.29 is 13.2 Å². The van der Waals surface area contributed by atoms with Gasteiger partial charge in [-0.05, 0) is 67.5 Å². The molecule has 1 heterocycles. The number of hydrogen-bond acceptors (Lipinski definition) is 4. The lowest BCUT2D eigenvalue weighted by atomic mass is 9.97. The molecule has 2 aromatic carbocycles. The molecule has 8 heteroatoms. The van der Waals surface area contributed by atoms with E-state index in [0.717, 1.165) is 16.9 Å². The molecule has 0 aliphatic carbocycles. The lowest BCUT2D eigenvalue weighted by molar-refractivity contribution is -0.126. The highest BCUT2D eigenvalue weighted by Gasteiger charge is 2.31. The molecule has 1 amide bonds. The fraction of sp³-hybridized carbons (Fsp3) is 0.381. The topological polar surface area (TPSA) is 66.5 Å². The maximum atomic E-state index is 12.8. The van der Waals surface area contributed by atoms with Crippen molar-refractivity contribution in [2.24, 2.45) is 5.92 Å². The third kappa shape index (κ3) is 5.75. The Balaban J connectivity index is 1.48. The molecule has 0 radical (unpaired) electrons. The molecular weight excluding hydrogens is 428 g/mol. The van der Waals surface area contributed by atoms with Gasteiger partial charge in [0.2, 0.25) is 15.9 Å². The maximum absolute atomic E-state index is 12.8. The van der Waals surface area contributed by atoms with Crippen LogP contribution in [0.25, 0.3) is 0 Å². The van der Waals surface area contributed by atoms with Crippen LogP contribution in [0.3, 0.4) is 0 Å². The zero-order valence-electron chi connectivity index (χ0n) is 16.3. The second-order valence-corrected chi connectivity index (χ2v) is 10.3. The number of carbonyl (C=O) groups excluding carboxylic acids is 1. The summed E-state index contributed by atoms with van der Waals surface area (Å²) in [5.74, 6) is -0.147. The molecular formula is C21H25ClN2O3S2. The van der Waals surface area contributed by atoms with E-state index < -0.39 is 10.0 Å². The summed E-state index contributed by atoms with van der Waals surface area (Å²) < 4.78 is 27.1. The Morgan fingerprint density at radius 1 is 1.10 bits per heavy atom. The van der Waals surface area contributed by atoms with E-state index in [1.807, 2.05) is 42.7 Å². The van der Waals surface area contributed by atoms with E-state index in [2.05, 4.69) is 5.32 Å². The van der Waals surface area contributed by atoms with Gasteiger partial charge in [0, 0.05) is 35.5 Å². The first-order chi connectivity index (χ1) is 13.9. The summed E-state index contributed by atoms with van der Waals surface area (Å²) >= 11 is 7.45. The number of nitrogens with zero attached hydrogens (tertiary/aromatic N) is 1. The summed E-state index contributed by atoms with van der Waals surface area (Å²) in [6, 6.07) is 14.5. The summed E-state index contributed by atoms with van der Waals surface area (Å²) in [6.07, 6.45) is 3.76. The Hall–Kier alpha value is -1.54. The molecule has 0 bridgehead atoms. The fourth-order valence-corrected chi connectivity index (χ4v) is 5.38. The standard InChI is InChI=1S/C21H25ClN2O3S2/c1-28-19-6-8-20(9-7-19)29(26,27)24-14-11-17(12-15-24)21(25)23-13-10-16-2-4-18(22)5-3-16/h2-9,17H,10-15H2,1H3,(H,23,25). The van der Waals surface area contributed by atoms with Crippen molar-refractivity contribution in [2.75, 3.05) is 25.9 Å². The first kappa shape index (κ1) is 22.2. The minimum Gasteiger partial charge on any atom is -0.356 e. The van der Waals surface area contributed by atoms with Crippen LogP contribution in [-0.2, 0) is 21.2 Å². The van der Waals surface area contributed by atoms with E-state index in [0.29, 0.717) is 42.4 Å². The Bertz CT molecular complexity index is 923. The Morgan fingerprint density at radius 3 is 2.31 bits per heavy atom. The molecule has 29 heavy (non-hydrogen) atoms. The predicted octanol–water partition coefficient (Wildman–Crippen LogP) is 3.82. The van der Waals surface area contributed by atoms with Crippen LogP contribution < -0.4 is 5.32 Å². The third-order valence-corrected chi connectivity index (χ3v) is 8.06. The van der Waals surface area contributed by atoms with E-state index in [-0.39, 0.29) is 11.8 Å². The van der Waals surface area contributed by atoms with Crippen LogP contribution in [0.15, 0.2) is 58.3 Å². The van der Waals surface area contributed by atoms with Gasteiger partial charge in [0.15, 0.2) is 0 Å². The van der Waals surface area contributed by atoms with Gasteiger partial charge in [0.25, 0.3) is 0 Å². The Labute approximate surface area is 181 Å². The molecule has 1 aliphatic heterocycles. The van der Waals surface area contributed by atoms with Gasteiger partial charge >= 0.3 is 0 Å². The number of amides is 1. The van der Waals surface area contributed by atoms with Crippen LogP contribution in [0.1, 0.15) is 18.4 Å². The van der Waals surface area contributed by atoms with Crippen molar-refractivity contribution in [3.63, 3.8) is 0 Å². The van der Waals surface area contributed by atoms with E-state index in [4.69, 9.17) is 11.6 Å². The van der Waals surface area contributed by atoms with Gasteiger partial charge in [0.1, 0.15) is 0 Å². The first-order valence-corrected chi connectivity index (χ1v) is 12.6. The van der Waals surface area contributed by atoms with Gasteiger partial charge < -0.3 is 5.32 Å². The number of piperidine rings is 1. The molecule has 0 saturated carbocycles. The molecule has 5 nitrogen and oxygen atoms in total. The van der Waals surface area contributed by atoms with Crippen LogP contribution in [0.2, 0.25) is 5.02 Å². The summed E-state index contributed by atoms with van der Waals surface area (Å²) in [7, 11) is -3.51. The average molecular weight is 453 g/mol. The SMILES string of the molecule is CSc1ccc(S(=O)(=O)N2CCC(C(=O)NCCc3ccc(Cl)cc3)CC2)cc1. The van der Waals surface area contributed by atoms with Crippen molar-refractivity contribution in [2.45, 2.75) is 29.1 Å². The molecule has 2 aromatic rings. The highest BCUT2D eigenvalue weighted by Crippen LogP contribution is 2.25. The lowest BCUT2D eigenvalue weighted by Crippen LogP contribution is -2.43. The molecule has 0 atom stereocenters. The lowest BCUT2D eigenvalue weighted by Gasteiger charge is -2.30. The van der Waals surface area contributed by atoms with E-state index in [1.54, 1.807) is 23.9 Å². The van der Waals surface area contributed by atoms with Crippen molar-refractivity contribution in [1.82, 2.24) is 9.62 Å². The largest absolute Gasteiger partial charge is 0.356 e. The highest BCUT2D eigenvalue weighted by molar-refractivity contribution is 7.98. The van der Waals surface area contributed by atoms with Crippen molar-refractivity contribution in [3.8, 4) is 0 Å². The Morgan fingerprint density at radius 2 is 1.72 bits per heavy atom. The minimum atomic E-state index is -3.51. The average Bonchev–Trinajstić information content (AvgIpc) is 2.75. The van der Waals surface area contributed by atoms with E-state index >= 15 is 0 Å². The van der Waals surface area contributed by atoms with Crippen LogP contribution in [0.5, 0.6) is 0 Å². The second-order valence-electron chi connectivity index (χ2n) is 7.02. The highest BCUT2D eigenvalue weighted by atomic mass is 35.5. The Kier molecular flexibility index (Phi) is 7.62.